The van der Waals surface area contributed by atoms with Crippen molar-refractivity contribution in [1.82, 2.24) is 9.97 Å². The Morgan fingerprint density at radius 1 is 1.50 bits per heavy atom. The number of likely N-dealkylation sites (N-methyl/N-ethyl adjacent to an activating group) is 1. The van der Waals surface area contributed by atoms with Gasteiger partial charge >= 0.3 is 8.69 Å². The summed E-state index contributed by atoms with van der Waals surface area (Å²) in [7, 11) is 5.58. The first-order chi connectivity index (χ1) is 6.56. The summed E-state index contributed by atoms with van der Waals surface area (Å²) in [5.74, 6) is 0. The number of imidazole rings is 1. The molecule has 0 radical (unpaired) electrons. The lowest BCUT2D eigenvalue weighted by molar-refractivity contribution is -0.870. The largest absolute Gasteiger partial charge is 0.494 e. The van der Waals surface area contributed by atoms with Crippen LogP contribution in [0.3, 0.4) is 0 Å². The Kier molecular flexibility index (Phi) is 7.20. The zero-order chi connectivity index (χ0) is 10.9. The van der Waals surface area contributed by atoms with Gasteiger partial charge in [-0.15, -0.1) is 4.52 Å². The zero-order valence-corrected chi connectivity index (χ0v) is 9.86. The van der Waals surface area contributed by atoms with Crippen molar-refractivity contribution in [2.24, 2.45) is 0 Å². The Morgan fingerprint density at radius 2 is 2.21 bits per heavy atom. The third-order valence-electron chi connectivity index (χ3n) is 1.33. The minimum atomic E-state index is -0.616. The lowest BCUT2D eigenvalue weighted by atomic mass is 10.5. The molecule has 1 atom stereocenters. The van der Waals surface area contributed by atoms with Gasteiger partial charge in [0.05, 0.1) is 27.5 Å². The second-order valence-electron chi connectivity index (χ2n) is 3.71. The van der Waals surface area contributed by atoms with E-state index in [-0.39, 0.29) is 0 Å². The highest BCUT2D eigenvalue weighted by atomic mass is 31.1. The van der Waals surface area contributed by atoms with E-state index in [4.69, 9.17) is 0 Å². The van der Waals surface area contributed by atoms with Crippen LogP contribution in [0.5, 0.6) is 0 Å². The third-order valence-corrected chi connectivity index (χ3v) is 1.65. The minimum Gasteiger partial charge on any atom is -0.351 e. The van der Waals surface area contributed by atoms with Crippen molar-refractivity contribution in [1.29, 1.82) is 0 Å². The van der Waals surface area contributed by atoms with E-state index in [9.17, 15) is 4.57 Å². The molecule has 0 saturated carbocycles. The molecular formula is C8H18N3O2P+2. The molecule has 80 valence electrons. The van der Waals surface area contributed by atoms with Crippen molar-refractivity contribution in [3.63, 3.8) is 0 Å². The molecule has 1 rings (SSSR count). The van der Waals surface area contributed by atoms with Crippen LogP contribution in [-0.2, 0) is 9.09 Å². The fraction of sp³-hybridized carbons (Fsp3) is 0.625. The monoisotopic (exact) mass is 219 g/mol. The van der Waals surface area contributed by atoms with Gasteiger partial charge in [-0.05, 0) is 4.57 Å². The quantitative estimate of drug-likeness (QED) is 0.468. The Balaban J connectivity index is 0.000000280. The molecule has 1 heterocycles. The molecule has 0 bridgehead atoms. The molecule has 0 aliphatic carbocycles. The summed E-state index contributed by atoms with van der Waals surface area (Å²) in [6.45, 7) is 1.47. The Bertz CT molecular complexity index is 204. The van der Waals surface area contributed by atoms with Crippen molar-refractivity contribution in [3.05, 3.63) is 18.7 Å². The highest BCUT2D eigenvalue weighted by molar-refractivity contribution is 7.17. The number of nitrogens with one attached hydrogen (secondary N) is 1. The van der Waals surface area contributed by atoms with Gasteiger partial charge in [0, 0.05) is 12.4 Å². The molecule has 1 N–H and O–H groups in total. The van der Waals surface area contributed by atoms with Crippen molar-refractivity contribution in [3.8, 4) is 0 Å². The number of rotatable bonds is 4. The fourth-order valence-corrected chi connectivity index (χ4v) is 0.751. The van der Waals surface area contributed by atoms with Crippen LogP contribution in [0, 0.1) is 0 Å². The van der Waals surface area contributed by atoms with Gasteiger partial charge in [0.2, 0.25) is 0 Å². The van der Waals surface area contributed by atoms with Crippen LogP contribution in [0.4, 0.5) is 0 Å². The SMILES string of the molecule is C[N+](C)(C)CCO[PH+]=O.c1c[nH]cn1. The van der Waals surface area contributed by atoms with Gasteiger partial charge in [0.15, 0.2) is 6.61 Å². The molecule has 1 unspecified atom stereocenters. The van der Waals surface area contributed by atoms with E-state index in [2.05, 4.69) is 35.6 Å². The van der Waals surface area contributed by atoms with Gasteiger partial charge in [-0.25, -0.2) is 4.98 Å². The van der Waals surface area contributed by atoms with Crippen molar-refractivity contribution < 1.29 is 13.6 Å². The molecule has 0 aliphatic rings. The molecular weight excluding hydrogens is 201 g/mol. The fourth-order valence-electron chi connectivity index (χ4n) is 0.576. The normalized spacial score (nSPS) is 10.8. The molecule has 6 heteroatoms. The summed E-state index contributed by atoms with van der Waals surface area (Å²) >= 11 is 0. The standard InChI is InChI=1S/C5H14NO2P.C3H4N2/c1-6(2,3)4-5-8-9-7;1-2-5-3-4-1/h9H,4-5H2,1-3H3;1-3H,(H,4,5)/q+2;. The maximum Gasteiger partial charge on any atom is 0.494 e. The highest BCUT2D eigenvalue weighted by Gasteiger charge is 2.06. The Morgan fingerprint density at radius 3 is 2.50 bits per heavy atom. The van der Waals surface area contributed by atoms with E-state index in [0.29, 0.717) is 6.61 Å². The van der Waals surface area contributed by atoms with Crippen molar-refractivity contribution in [2.75, 3.05) is 34.3 Å². The predicted molar refractivity (Wildman–Crippen MR) is 56.4 cm³/mol. The number of hydrogen-bond donors (Lipinski definition) is 1. The summed E-state index contributed by atoms with van der Waals surface area (Å²) in [4.78, 5) is 6.42. The maximum absolute atomic E-state index is 9.81. The van der Waals surface area contributed by atoms with Crippen LogP contribution < -0.4 is 0 Å². The van der Waals surface area contributed by atoms with Crippen molar-refractivity contribution in [2.45, 2.75) is 0 Å². The molecule has 0 saturated heterocycles. The predicted octanol–water partition coefficient (Wildman–Crippen LogP) is 1.06. The number of hydrogen-bond acceptors (Lipinski definition) is 3. The van der Waals surface area contributed by atoms with Gasteiger partial charge in [0.25, 0.3) is 0 Å². The average molecular weight is 219 g/mol. The molecule has 1 aromatic rings. The van der Waals surface area contributed by atoms with Gasteiger partial charge in [0.1, 0.15) is 6.54 Å². The van der Waals surface area contributed by atoms with E-state index in [1.54, 1.807) is 18.7 Å². The van der Waals surface area contributed by atoms with Crippen LogP contribution in [0.15, 0.2) is 18.7 Å². The van der Waals surface area contributed by atoms with Gasteiger partial charge < -0.3 is 9.47 Å². The number of nitrogens with zero attached hydrogens (tertiary/aromatic N) is 2. The van der Waals surface area contributed by atoms with E-state index < -0.39 is 8.69 Å². The van der Waals surface area contributed by atoms with E-state index in [1.807, 2.05) is 0 Å². The first kappa shape index (κ1) is 13.2. The lowest BCUT2D eigenvalue weighted by Crippen LogP contribution is -2.37. The van der Waals surface area contributed by atoms with Crippen LogP contribution in [-0.4, -0.2) is 48.7 Å². The number of H-pyrrole nitrogens is 1. The Labute approximate surface area is 86.0 Å². The first-order valence-electron chi connectivity index (χ1n) is 4.28. The lowest BCUT2D eigenvalue weighted by Gasteiger charge is -2.21. The summed E-state index contributed by atoms with van der Waals surface area (Å²) in [5.41, 5.74) is 0. The summed E-state index contributed by atoms with van der Waals surface area (Å²) in [5, 5.41) is 0. The molecule has 0 aromatic carbocycles. The van der Waals surface area contributed by atoms with Crippen LogP contribution in [0.25, 0.3) is 0 Å². The summed E-state index contributed by atoms with van der Waals surface area (Å²) in [6, 6.07) is 0. The van der Waals surface area contributed by atoms with Gasteiger partial charge in [-0.2, -0.15) is 0 Å². The zero-order valence-electron chi connectivity index (χ0n) is 8.86. The smallest absolute Gasteiger partial charge is 0.351 e. The third kappa shape index (κ3) is 11.2. The number of quaternary nitrogens is 1. The maximum atomic E-state index is 9.81. The van der Waals surface area contributed by atoms with Gasteiger partial charge in [-0.1, -0.05) is 0 Å². The summed E-state index contributed by atoms with van der Waals surface area (Å²) < 4.78 is 15.3. The Hall–Kier alpha value is -0.770. The molecule has 1 aromatic heterocycles. The molecule has 0 aliphatic heterocycles. The molecule has 0 amide bonds. The highest BCUT2D eigenvalue weighted by Crippen LogP contribution is 1.96. The topological polar surface area (TPSA) is 55.0 Å². The number of aromatic amines is 1. The van der Waals surface area contributed by atoms with Crippen LogP contribution in [0.2, 0.25) is 0 Å². The van der Waals surface area contributed by atoms with Gasteiger partial charge in [-0.3, -0.25) is 0 Å². The number of aromatic nitrogens is 2. The van der Waals surface area contributed by atoms with E-state index >= 15 is 0 Å². The van der Waals surface area contributed by atoms with E-state index in [0.717, 1.165) is 11.0 Å². The second kappa shape index (κ2) is 7.62. The summed E-state index contributed by atoms with van der Waals surface area (Å²) in [6.07, 6.45) is 5.08. The van der Waals surface area contributed by atoms with E-state index in [1.165, 1.54) is 0 Å². The second-order valence-corrected chi connectivity index (χ2v) is 4.16. The van der Waals surface area contributed by atoms with Crippen LogP contribution >= 0.6 is 8.69 Å². The molecule has 0 spiro atoms. The molecule has 14 heavy (non-hydrogen) atoms. The first-order valence-corrected chi connectivity index (χ1v) is 5.10. The van der Waals surface area contributed by atoms with Crippen molar-refractivity contribution >= 4 is 8.69 Å². The van der Waals surface area contributed by atoms with Crippen LogP contribution in [0.1, 0.15) is 0 Å². The minimum absolute atomic E-state index is 0.575. The molecule has 0 fully saturated rings. The molecule has 5 nitrogen and oxygen atoms in total. The average Bonchev–Trinajstić information content (AvgIpc) is 2.59.